The van der Waals surface area contributed by atoms with Crippen LogP contribution in [0.15, 0.2) is 60.7 Å². The van der Waals surface area contributed by atoms with Gasteiger partial charge < -0.3 is 26.2 Å². The Labute approximate surface area is 214 Å². The smallest absolute Gasteiger partial charge is 0.255 e. The first-order valence-electron chi connectivity index (χ1n) is 11.7. The molecule has 37 heavy (non-hydrogen) atoms. The van der Waals surface area contributed by atoms with Crippen molar-refractivity contribution in [2.75, 3.05) is 17.7 Å². The molecule has 9 nitrogen and oxygen atoms in total. The third-order valence-corrected chi connectivity index (χ3v) is 6.02. The summed E-state index contributed by atoms with van der Waals surface area (Å²) in [4.78, 5) is 24.8. The van der Waals surface area contributed by atoms with Crippen molar-refractivity contribution in [2.24, 2.45) is 5.73 Å². The van der Waals surface area contributed by atoms with Gasteiger partial charge in [-0.05, 0) is 66.4 Å². The Morgan fingerprint density at radius 1 is 1.03 bits per heavy atom. The third kappa shape index (κ3) is 5.90. The molecule has 0 radical (unpaired) electrons. The molecule has 0 bridgehead atoms. The van der Waals surface area contributed by atoms with Crippen molar-refractivity contribution >= 4 is 23.3 Å². The molecule has 4 rings (SSSR count). The molecule has 0 spiro atoms. The Morgan fingerprint density at radius 2 is 1.73 bits per heavy atom. The number of methoxy groups -OCH3 is 1. The van der Waals surface area contributed by atoms with Gasteiger partial charge in [0.25, 0.3) is 11.8 Å². The maximum Gasteiger partial charge on any atom is 0.255 e. The van der Waals surface area contributed by atoms with Crippen LogP contribution < -0.4 is 21.1 Å². The van der Waals surface area contributed by atoms with Crippen LogP contribution in [-0.4, -0.2) is 34.2 Å². The second kappa shape index (κ2) is 10.9. The van der Waals surface area contributed by atoms with Crippen molar-refractivity contribution in [2.45, 2.75) is 26.8 Å². The maximum absolute atomic E-state index is 12.5. The Balaban J connectivity index is 1.44. The fraction of sp³-hybridized carbons (Fsp3) is 0.179. The molecule has 0 fully saturated rings. The number of carbonyl (C=O) groups is 2. The average Bonchev–Trinajstić information content (AvgIpc) is 3.29. The van der Waals surface area contributed by atoms with E-state index in [1.165, 1.54) is 0 Å². The van der Waals surface area contributed by atoms with Crippen LogP contribution in [0.2, 0.25) is 0 Å². The number of H-pyrrole nitrogens is 1. The largest absolute Gasteiger partial charge is 0.507 e. The highest BCUT2D eigenvalue weighted by Crippen LogP contribution is 2.25. The first kappa shape index (κ1) is 25.3. The lowest BCUT2D eigenvalue weighted by molar-refractivity contribution is 0.0997. The van der Waals surface area contributed by atoms with Crippen molar-refractivity contribution in [3.63, 3.8) is 0 Å². The number of aromatic nitrogens is 2. The number of benzene rings is 3. The molecule has 190 valence electrons. The number of amides is 2. The van der Waals surface area contributed by atoms with Crippen LogP contribution in [0.5, 0.6) is 11.5 Å². The lowest BCUT2D eigenvalue weighted by Crippen LogP contribution is -2.15. The minimum atomic E-state index is -0.591. The van der Waals surface area contributed by atoms with Crippen LogP contribution in [0.1, 0.15) is 48.7 Å². The van der Waals surface area contributed by atoms with Gasteiger partial charge >= 0.3 is 0 Å². The van der Waals surface area contributed by atoms with E-state index in [9.17, 15) is 14.7 Å². The van der Waals surface area contributed by atoms with Gasteiger partial charge in [0.15, 0.2) is 5.82 Å². The molecule has 0 aliphatic carbocycles. The lowest BCUT2D eigenvalue weighted by atomic mass is 10.0. The Bertz CT molecular complexity index is 1420. The van der Waals surface area contributed by atoms with E-state index in [-0.39, 0.29) is 11.7 Å². The molecule has 0 unspecified atom stereocenters. The standard InChI is InChI=1S/C28H29N5O4/c1-16-11-19(12-17(2)25(16)34)15-30-27-24(26(29)35)23(32-33-27)13-18-7-9-21(10-8-18)31-28(36)20-5-4-6-22(14-20)37-3/h4-12,14,34H,13,15H2,1-3H3,(H2,29,35)(H,31,36)(H2,30,32,33). The highest BCUT2D eigenvalue weighted by molar-refractivity contribution is 6.04. The number of rotatable bonds is 9. The van der Waals surface area contributed by atoms with Gasteiger partial charge in [0, 0.05) is 24.2 Å². The highest BCUT2D eigenvalue weighted by atomic mass is 16.5. The first-order chi connectivity index (χ1) is 17.7. The monoisotopic (exact) mass is 499 g/mol. The number of primary amides is 1. The van der Waals surface area contributed by atoms with Gasteiger partial charge in [-0.3, -0.25) is 14.7 Å². The zero-order valence-electron chi connectivity index (χ0n) is 20.9. The summed E-state index contributed by atoms with van der Waals surface area (Å²) in [7, 11) is 1.55. The SMILES string of the molecule is COc1cccc(C(=O)Nc2ccc(Cc3[nH]nc(NCc4cc(C)c(O)c(C)c4)c3C(N)=O)cc2)c1. The summed E-state index contributed by atoms with van der Waals surface area (Å²) in [6.45, 7) is 4.08. The number of aryl methyl sites for hydroxylation is 2. The summed E-state index contributed by atoms with van der Waals surface area (Å²) in [5, 5.41) is 23.2. The molecule has 0 aliphatic rings. The van der Waals surface area contributed by atoms with Gasteiger partial charge in [0.2, 0.25) is 0 Å². The second-order valence-electron chi connectivity index (χ2n) is 8.78. The summed E-state index contributed by atoms with van der Waals surface area (Å²) in [5.74, 6) is 0.412. The Morgan fingerprint density at radius 3 is 2.38 bits per heavy atom. The number of aromatic amines is 1. The normalized spacial score (nSPS) is 10.7. The van der Waals surface area contributed by atoms with Gasteiger partial charge in [-0.25, -0.2) is 0 Å². The van der Waals surface area contributed by atoms with E-state index in [1.807, 2.05) is 38.1 Å². The van der Waals surface area contributed by atoms with Crippen molar-refractivity contribution in [1.29, 1.82) is 0 Å². The van der Waals surface area contributed by atoms with Crippen molar-refractivity contribution in [3.05, 3.63) is 99.7 Å². The number of carbonyl (C=O) groups excluding carboxylic acids is 2. The number of nitrogens with zero attached hydrogens (tertiary/aromatic N) is 1. The van der Waals surface area contributed by atoms with Crippen LogP contribution in [0, 0.1) is 13.8 Å². The molecule has 6 N–H and O–H groups in total. The van der Waals surface area contributed by atoms with E-state index < -0.39 is 5.91 Å². The number of hydrogen-bond donors (Lipinski definition) is 5. The number of phenolic OH excluding ortho intramolecular Hbond substituents is 1. The van der Waals surface area contributed by atoms with Gasteiger partial charge in [0.1, 0.15) is 17.1 Å². The van der Waals surface area contributed by atoms with Crippen LogP contribution in [-0.2, 0) is 13.0 Å². The van der Waals surface area contributed by atoms with E-state index in [4.69, 9.17) is 10.5 Å². The highest BCUT2D eigenvalue weighted by Gasteiger charge is 2.19. The van der Waals surface area contributed by atoms with E-state index >= 15 is 0 Å². The third-order valence-electron chi connectivity index (χ3n) is 6.02. The molecular formula is C28H29N5O4. The minimum Gasteiger partial charge on any atom is -0.507 e. The molecule has 4 aromatic rings. The molecule has 0 aliphatic heterocycles. The number of ether oxygens (including phenoxy) is 1. The lowest BCUT2D eigenvalue weighted by Gasteiger charge is -2.10. The first-order valence-corrected chi connectivity index (χ1v) is 11.7. The molecule has 9 heteroatoms. The van der Waals surface area contributed by atoms with Crippen LogP contribution in [0.4, 0.5) is 11.5 Å². The predicted molar refractivity (Wildman–Crippen MR) is 142 cm³/mol. The number of nitrogens with two attached hydrogens (primary N) is 1. The molecule has 0 saturated heterocycles. The van der Waals surface area contributed by atoms with Gasteiger partial charge in [-0.2, -0.15) is 5.10 Å². The van der Waals surface area contributed by atoms with Crippen LogP contribution in [0.3, 0.4) is 0 Å². The molecule has 3 aromatic carbocycles. The summed E-state index contributed by atoms with van der Waals surface area (Å²) in [5.41, 5.74) is 11.1. The molecule has 2 amide bonds. The quantitative estimate of drug-likeness (QED) is 0.232. The van der Waals surface area contributed by atoms with E-state index in [0.717, 1.165) is 22.3 Å². The molecule has 1 aromatic heterocycles. The van der Waals surface area contributed by atoms with Crippen LogP contribution >= 0.6 is 0 Å². The van der Waals surface area contributed by atoms with Gasteiger partial charge in [-0.1, -0.05) is 30.3 Å². The number of anilines is 2. The fourth-order valence-corrected chi connectivity index (χ4v) is 4.11. The van der Waals surface area contributed by atoms with Gasteiger partial charge in [0.05, 0.1) is 12.8 Å². The molecular weight excluding hydrogens is 470 g/mol. The van der Waals surface area contributed by atoms with Crippen molar-refractivity contribution < 1.29 is 19.4 Å². The summed E-state index contributed by atoms with van der Waals surface area (Å²) in [6.07, 6.45) is 0.397. The number of aromatic hydroxyl groups is 1. The van der Waals surface area contributed by atoms with Crippen molar-refractivity contribution in [1.82, 2.24) is 10.2 Å². The second-order valence-corrected chi connectivity index (χ2v) is 8.78. The molecule has 0 atom stereocenters. The van der Waals surface area contributed by atoms with Crippen molar-refractivity contribution in [3.8, 4) is 11.5 Å². The molecule has 0 saturated carbocycles. The van der Waals surface area contributed by atoms with E-state index in [0.29, 0.717) is 47.0 Å². The summed E-state index contributed by atoms with van der Waals surface area (Å²) in [6, 6.07) is 18.0. The zero-order valence-corrected chi connectivity index (χ0v) is 20.9. The average molecular weight is 500 g/mol. The van der Waals surface area contributed by atoms with E-state index in [1.54, 1.807) is 43.5 Å². The van der Waals surface area contributed by atoms with Crippen LogP contribution in [0.25, 0.3) is 0 Å². The Hall–Kier alpha value is -4.79. The fourth-order valence-electron chi connectivity index (χ4n) is 4.11. The zero-order chi connectivity index (χ0) is 26.5. The van der Waals surface area contributed by atoms with E-state index in [2.05, 4.69) is 20.8 Å². The summed E-state index contributed by atoms with van der Waals surface area (Å²) >= 11 is 0. The topological polar surface area (TPSA) is 142 Å². The maximum atomic E-state index is 12.5. The predicted octanol–water partition coefficient (Wildman–Crippen LogP) is 4.29. The number of phenols is 1. The van der Waals surface area contributed by atoms with Gasteiger partial charge in [-0.15, -0.1) is 0 Å². The summed E-state index contributed by atoms with van der Waals surface area (Å²) < 4.78 is 5.17. The molecule has 1 heterocycles. The number of nitrogens with one attached hydrogen (secondary N) is 3. The minimum absolute atomic E-state index is 0.244. The Kier molecular flexibility index (Phi) is 7.43. The number of hydrogen-bond acceptors (Lipinski definition) is 6.